The number of allylic oxidation sites excluding steroid dienone is 4. The van der Waals surface area contributed by atoms with Gasteiger partial charge in [0, 0.05) is 25.7 Å². The summed E-state index contributed by atoms with van der Waals surface area (Å²) in [4.78, 5) is 73.3. The van der Waals surface area contributed by atoms with Crippen LogP contribution < -0.4 is 0 Å². The van der Waals surface area contributed by atoms with E-state index in [4.69, 9.17) is 37.0 Å². The van der Waals surface area contributed by atoms with Gasteiger partial charge in [0.15, 0.2) is 12.2 Å². The van der Waals surface area contributed by atoms with E-state index in [1.54, 1.807) is 0 Å². The summed E-state index contributed by atoms with van der Waals surface area (Å²) in [7, 11) is -9.94. The molecule has 0 spiro atoms. The zero-order valence-corrected chi connectivity index (χ0v) is 71.7. The molecule has 3 unspecified atom stereocenters. The third-order valence-corrected chi connectivity index (χ3v) is 22.3. The van der Waals surface area contributed by atoms with Crippen LogP contribution in [-0.2, 0) is 65.4 Å². The van der Waals surface area contributed by atoms with Crippen molar-refractivity contribution in [1.82, 2.24) is 0 Å². The fourth-order valence-corrected chi connectivity index (χ4v) is 14.8. The maximum atomic E-state index is 13.2. The minimum Gasteiger partial charge on any atom is -0.462 e. The second-order valence-corrected chi connectivity index (χ2v) is 34.6. The largest absolute Gasteiger partial charge is 0.472 e. The van der Waals surface area contributed by atoms with Crippen molar-refractivity contribution < 1.29 is 80.2 Å². The van der Waals surface area contributed by atoms with Crippen LogP contribution in [0.15, 0.2) is 24.3 Å². The number of carbonyl (C=O) groups excluding carboxylic acids is 4. The van der Waals surface area contributed by atoms with Crippen molar-refractivity contribution in [2.75, 3.05) is 39.6 Å². The molecule has 0 aromatic rings. The van der Waals surface area contributed by atoms with Gasteiger partial charge >= 0.3 is 39.5 Å². The maximum absolute atomic E-state index is 13.2. The van der Waals surface area contributed by atoms with Gasteiger partial charge in [-0.05, 0) is 63.2 Å². The van der Waals surface area contributed by atoms with Crippen LogP contribution >= 0.6 is 15.6 Å². The molecule has 0 rings (SSSR count). The van der Waals surface area contributed by atoms with Crippen LogP contribution in [0.3, 0.4) is 0 Å². The van der Waals surface area contributed by atoms with Gasteiger partial charge in [0.2, 0.25) is 0 Å². The van der Waals surface area contributed by atoms with Gasteiger partial charge in [0.25, 0.3) is 0 Å². The molecule has 0 bridgehead atoms. The van der Waals surface area contributed by atoms with Gasteiger partial charge in [-0.15, -0.1) is 0 Å². The predicted molar refractivity (Wildman–Crippen MR) is 441 cm³/mol. The molecular weight excluding hydrogens is 1390 g/mol. The molecule has 0 amide bonds. The molecule has 17 nitrogen and oxygen atoms in total. The Kier molecular flexibility index (Phi) is 77.0. The molecule has 0 aliphatic rings. The highest BCUT2D eigenvalue weighted by atomic mass is 31.2. The molecule has 19 heteroatoms. The number of unbranched alkanes of at least 4 members (excludes halogenated alkanes) is 51. The molecule has 0 saturated carbocycles. The Morgan fingerprint density at radius 1 is 0.308 bits per heavy atom. The molecule has 0 heterocycles. The van der Waals surface area contributed by atoms with Gasteiger partial charge < -0.3 is 33.8 Å². The Bertz CT molecular complexity index is 2140. The van der Waals surface area contributed by atoms with Crippen LogP contribution in [0.25, 0.3) is 0 Å². The highest BCUT2D eigenvalue weighted by Crippen LogP contribution is 2.45. The summed E-state index contributed by atoms with van der Waals surface area (Å²) in [6.07, 6.45) is 74.4. The van der Waals surface area contributed by atoms with Crippen LogP contribution in [0.4, 0.5) is 0 Å². The first-order valence-electron chi connectivity index (χ1n) is 44.8. The average Bonchev–Trinajstić information content (AvgIpc) is 0.904. The van der Waals surface area contributed by atoms with E-state index in [1.165, 1.54) is 250 Å². The van der Waals surface area contributed by atoms with Gasteiger partial charge in [-0.25, -0.2) is 9.13 Å². The van der Waals surface area contributed by atoms with E-state index in [9.17, 15) is 43.2 Å². The Balaban J connectivity index is 5.27. The Morgan fingerprint density at radius 2 is 0.551 bits per heavy atom. The molecule has 0 aliphatic heterocycles. The number of aliphatic hydroxyl groups is 1. The SMILES string of the molecule is CCCCCC/C=C\C=C/CCCCCCCC(=O)O[C@H](COC(=O)CCCCCCCCCCCC(C)C)COP(=O)(O)OC[C@H](O)COP(=O)(O)OC[C@@H](COC(=O)CCCCCCCCCCCCCCCCCCCC)OC(=O)CCCCCCCCCCCCCCCCCCCCC(C)CC. The van der Waals surface area contributed by atoms with Crippen LogP contribution in [-0.4, -0.2) is 96.7 Å². The van der Waals surface area contributed by atoms with E-state index < -0.39 is 97.5 Å². The van der Waals surface area contributed by atoms with Crippen molar-refractivity contribution >= 4 is 39.5 Å². The molecule has 6 atom stereocenters. The maximum Gasteiger partial charge on any atom is 0.472 e. The Labute approximate surface area is 656 Å². The number of phosphoric acid groups is 2. The highest BCUT2D eigenvalue weighted by Gasteiger charge is 2.30. The fraction of sp³-hybridized carbons (Fsp3) is 0.909. The molecule has 0 aromatic heterocycles. The summed E-state index contributed by atoms with van der Waals surface area (Å²) in [6.45, 7) is 9.66. The lowest BCUT2D eigenvalue weighted by molar-refractivity contribution is -0.161. The van der Waals surface area contributed by atoms with Gasteiger partial charge in [0.05, 0.1) is 26.4 Å². The van der Waals surface area contributed by atoms with Crippen molar-refractivity contribution in [2.24, 2.45) is 11.8 Å². The van der Waals surface area contributed by atoms with Gasteiger partial charge in [-0.3, -0.25) is 37.3 Å². The predicted octanol–water partition coefficient (Wildman–Crippen LogP) is 26.6. The van der Waals surface area contributed by atoms with E-state index in [1.807, 2.05) is 0 Å². The standard InChI is InChI=1S/C88H168O17P2/c1-7-10-12-14-16-18-20-22-24-25-29-33-36-40-46-52-58-64-70-85(90)98-76-83(104-88(93)73-67-61-55-48-42-38-34-30-27-26-28-32-35-39-45-51-57-63-69-81(6)9-3)78-102-106(94,95)100-74-82(89)75-101-107(96,97)103-79-84(77-99-86(91)71-65-59-53-49-43-44-50-56-62-68-80(4)5)105-87(92)72-66-60-54-47-41-37-31-23-21-19-17-15-13-11-8-2/h19,21,23,31,80-84,89H,7-18,20,22,24-30,32-79H2,1-6H3,(H,94,95)(H,96,97)/b21-19-,31-23-/t81?,82-,83-,84-/m1/s1. The topological polar surface area (TPSA) is 237 Å². The molecular formula is C88H168O17P2. The third kappa shape index (κ3) is 80.0. The molecule has 0 aliphatic carbocycles. The molecule has 0 fully saturated rings. The van der Waals surface area contributed by atoms with Crippen LogP contribution in [0.5, 0.6) is 0 Å². The van der Waals surface area contributed by atoms with E-state index in [2.05, 4.69) is 65.8 Å². The van der Waals surface area contributed by atoms with Crippen LogP contribution in [0, 0.1) is 11.8 Å². The Morgan fingerprint density at radius 3 is 0.841 bits per heavy atom. The van der Waals surface area contributed by atoms with Gasteiger partial charge in [0.1, 0.15) is 19.3 Å². The quantitative estimate of drug-likeness (QED) is 0.0169. The van der Waals surface area contributed by atoms with Crippen molar-refractivity contribution in [1.29, 1.82) is 0 Å². The number of phosphoric ester groups is 2. The van der Waals surface area contributed by atoms with E-state index in [0.717, 1.165) is 115 Å². The lowest BCUT2D eigenvalue weighted by Crippen LogP contribution is -2.30. The number of rotatable bonds is 85. The number of hydrogen-bond donors (Lipinski definition) is 3. The van der Waals surface area contributed by atoms with Crippen molar-refractivity contribution in [3.8, 4) is 0 Å². The summed E-state index contributed by atoms with van der Waals surface area (Å²) in [5.41, 5.74) is 0. The van der Waals surface area contributed by atoms with Crippen molar-refractivity contribution in [3.05, 3.63) is 24.3 Å². The number of esters is 4. The Hall–Kier alpha value is -2.46. The number of carbonyl (C=O) groups is 4. The smallest absolute Gasteiger partial charge is 0.462 e. The molecule has 3 N–H and O–H groups in total. The molecule has 0 aromatic carbocycles. The van der Waals surface area contributed by atoms with Crippen molar-refractivity contribution in [2.45, 2.75) is 464 Å². The fourth-order valence-electron chi connectivity index (χ4n) is 13.2. The van der Waals surface area contributed by atoms with Crippen LogP contribution in [0.2, 0.25) is 0 Å². The first-order chi connectivity index (χ1) is 51.9. The van der Waals surface area contributed by atoms with Crippen LogP contribution in [0.1, 0.15) is 446 Å². The first-order valence-corrected chi connectivity index (χ1v) is 47.8. The average molecular weight is 1560 g/mol. The molecule has 0 radical (unpaired) electrons. The molecule has 107 heavy (non-hydrogen) atoms. The second kappa shape index (κ2) is 78.8. The van der Waals surface area contributed by atoms with E-state index in [0.29, 0.717) is 25.7 Å². The molecule has 0 saturated heterocycles. The van der Waals surface area contributed by atoms with E-state index >= 15 is 0 Å². The summed E-state index contributed by atoms with van der Waals surface area (Å²) in [5, 5.41) is 10.7. The lowest BCUT2D eigenvalue weighted by atomic mass is 9.99. The van der Waals surface area contributed by atoms with Gasteiger partial charge in [-0.1, -0.05) is 393 Å². The summed E-state index contributed by atoms with van der Waals surface area (Å²) in [6, 6.07) is 0. The summed E-state index contributed by atoms with van der Waals surface area (Å²) < 4.78 is 68.9. The lowest BCUT2D eigenvalue weighted by Gasteiger charge is -2.21. The minimum atomic E-state index is -4.97. The third-order valence-electron chi connectivity index (χ3n) is 20.4. The van der Waals surface area contributed by atoms with E-state index in [-0.39, 0.29) is 25.7 Å². The zero-order chi connectivity index (χ0) is 78.5. The minimum absolute atomic E-state index is 0.0850. The zero-order valence-electron chi connectivity index (χ0n) is 69.9. The number of aliphatic hydroxyl groups excluding tert-OH is 1. The number of ether oxygens (including phenoxy) is 4. The monoisotopic (exact) mass is 1560 g/mol. The first kappa shape index (κ1) is 105. The van der Waals surface area contributed by atoms with Crippen molar-refractivity contribution in [3.63, 3.8) is 0 Å². The normalized spacial score (nSPS) is 14.2. The second-order valence-electron chi connectivity index (χ2n) is 31.7. The number of hydrogen-bond acceptors (Lipinski definition) is 15. The summed E-state index contributed by atoms with van der Waals surface area (Å²) >= 11 is 0. The highest BCUT2D eigenvalue weighted by molar-refractivity contribution is 7.47. The summed E-state index contributed by atoms with van der Waals surface area (Å²) in [5.74, 6) is -0.520. The van der Waals surface area contributed by atoms with Gasteiger partial charge in [-0.2, -0.15) is 0 Å². The molecule has 632 valence electrons.